The lowest BCUT2D eigenvalue weighted by molar-refractivity contribution is -0.151. The first-order valence-corrected chi connectivity index (χ1v) is 12.7. The third-order valence-electron chi connectivity index (χ3n) is 6.08. The van der Waals surface area contributed by atoms with Gasteiger partial charge in [-0.05, 0) is 49.9 Å². The smallest absolute Gasteiger partial charge is 0.310 e. The number of aryl methyl sites for hydroxylation is 1. The Bertz CT molecular complexity index is 1260. The van der Waals surface area contributed by atoms with E-state index in [0.29, 0.717) is 35.8 Å². The summed E-state index contributed by atoms with van der Waals surface area (Å²) in [6, 6.07) is 15.0. The van der Waals surface area contributed by atoms with E-state index in [2.05, 4.69) is 0 Å². The zero-order chi connectivity index (χ0) is 24.1. The van der Waals surface area contributed by atoms with Crippen LogP contribution in [0, 0.1) is 5.92 Å². The molecule has 178 valence electrons. The van der Waals surface area contributed by atoms with E-state index in [1.165, 1.54) is 11.8 Å². The maximum atomic E-state index is 13.5. The second-order valence-electron chi connectivity index (χ2n) is 8.25. The van der Waals surface area contributed by atoms with Gasteiger partial charge in [-0.1, -0.05) is 49.0 Å². The van der Waals surface area contributed by atoms with Crippen LogP contribution < -0.4 is 5.56 Å². The van der Waals surface area contributed by atoms with Gasteiger partial charge in [-0.15, -0.1) is 0 Å². The van der Waals surface area contributed by atoms with Crippen molar-refractivity contribution < 1.29 is 14.3 Å². The lowest BCUT2D eigenvalue weighted by Crippen LogP contribution is -2.43. The molecule has 1 aliphatic heterocycles. The fourth-order valence-electron chi connectivity index (χ4n) is 4.32. The summed E-state index contributed by atoms with van der Waals surface area (Å²) in [4.78, 5) is 45.2. The molecule has 1 unspecified atom stereocenters. The van der Waals surface area contributed by atoms with E-state index in [4.69, 9.17) is 9.72 Å². The van der Waals surface area contributed by atoms with Crippen molar-refractivity contribution in [3.63, 3.8) is 0 Å². The quantitative estimate of drug-likeness (QED) is 0.291. The maximum absolute atomic E-state index is 13.5. The molecule has 0 aliphatic carbocycles. The number of esters is 1. The van der Waals surface area contributed by atoms with Crippen molar-refractivity contribution in [1.82, 2.24) is 14.5 Å². The van der Waals surface area contributed by atoms with Crippen LogP contribution in [-0.2, 0) is 20.7 Å². The second kappa shape index (κ2) is 10.9. The molecule has 2 aromatic carbocycles. The predicted octanol–water partition coefficient (Wildman–Crippen LogP) is 3.84. The zero-order valence-corrected chi connectivity index (χ0v) is 20.3. The van der Waals surface area contributed by atoms with Gasteiger partial charge in [0.25, 0.3) is 5.56 Å². The first-order chi connectivity index (χ1) is 16.5. The number of nitrogens with zero attached hydrogens (tertiary/aromatic N) is 3. The lowest BCUT2D eigenvalue weighted by Gasteiger charge is -2.31. The lowest BCUT2D eigenvalue weighted by atomic mass is 9.98. The summed E-state index contributed by atoms with van der Waals surface area (Å²) in [5, 5.41) is 1.02. The van der Waals surface area contributed by atoms with Crippen molar-refractivity contribution in [1.29, 1.82) is 0 Å². The Labute approximate surface area is 203 Å². The molecule has 1 aromatic heterocycles. The Morgan fingerprint density at radius 3 is 2.68 bits per heavy atom. The van der Waals surface area contributed by atoms with Crippen molar-refractivity contribution in [3.8, 4) is 5.69 Å². The fourth-order valence-corrected chi connectivity index (χ4v) is 5.23. The highest BCUT2D eigenvalue weighted by atomic mass is 32.2. The van der Waals surface area contributed by atoms with Gasteiger partial charge >= 0.3 is 5.97 Å². The topological polar surface area (TPSA) is 81.5 Å². The number of carbonyl (C=O) groups excluding carboxylic acids is 2. The summed E-state index contributed by atoms with van der Waals surface area (Å²) in [5.74, 6) is -0.462. The number of fused-ring (bicyclic) bond motifs is 1. The molecule has 1 aliphatic rings. The second-order valence-corrected chi connectivity index (χ2v) is 9.20. The van der Waals surface area contributed by atoms with Crippen LogP contribution in [0.3, 0.4) is 0 Å². The van der Waals surface area contributed by atoms with Crippen molar-refractivity contribution in [3.05, 3.63) is 64.4 Å². The van der Waals surface area contributed by atoms with Crippen LogP contribution in [0.15, 0.2) is 58.5 Å². The Morgan fingerprint density at radius 1 is 1.12 bits per heavy atom. The molecule has 3 aromatic rings. The molecule has 2 heterocycles. The average molecular weight is 480 g/mol. The van der Waals surface area contributed by atoms with E-state index >= 15 is 0 Å². The van der Waals surface area contributed by atoms with Gasteiger partial charge in [0.2, 0.25) is 5.91 Å². The molecule has 34 heavy (non-hydrogen) atoms. The van der Waals surface area contributed by atoms with Crippen LogP contribution in [0.2, 0.25) is 0 Å². The van der Waals surface area contributed by atoms with Gasteiger partial charge in [0, 0.05) is 13.1 Å². The molecule has 1 amide bonds. The molecule has 1 fully saturated rings. The molecular formula is C26H29N3O4S. The van der Waals surface area contributed by atoms with Gasteiger partial charge in [0.15, 0.2) is 5.16 Å². The van der Waals surface area contributed by atoms with Gasteiger partial charge < -0.3 is 9.64 Å². The number of benzene rings is 2. The van der Waals surface area contributed by atoms with Crippen molar-refractivity contribution >= 4 is 34.5 Å². The predicted molar refractivity (Wildman–Crippen MR) is 133 cm³/mol. The number of hydrogen-bond acceptors (Lipinski definition) is 6. The summed E-state index contributed by atoms with van der Waals surface area (Å²) in [5.41, 5.74) is 2.27. The molecule has 4 rings (SSSR count). The van der Waals surface area contributed by atoms with Crippen LogP contribution >= 0.6 is 11.8 Å². The molecule has 0 spiro atoms. The van der Waals surface area contributed by atoms with Crippen molar-refractivity contribution in [2.24, 2.45) is 5.92 Å². The maximum Gasteiger partial charge on any atom is 0.310 e. The molecule has 1 atom stereocenters. The van der Waals surface area contributed by atoms with Gasteiger partial charge in [-0.25, -0.2) is 4.98 Å². The fraction of sp³-hybridized carbons (Fsp3) is 0.385. The first-order valence-electron chi connectivity index (χ1n) is 11.7. The number of aromatic nitrogens is 2. The number of likely N-dealkylation sites (tertiary alicyclic amines) is 1. The van der Waals surface area contributed by atoms with Crippen molar-refractivity contribution in [2.75, 3.05) is 25.4 Å². The number of carbonyl (C=O) groups is 2. The highest BCUT2D eigenvalue weighted by Gasteiger charge is 2.29. The van der Waals surface area contributed by atoms with Gasteiger partial charge in [0.05, 0.1) is 34.9 Å². The SMILES string of the molecule is CCOC(=O)C1CCCN(C(=O)CSc2nc3ccccc3c(=O)n2-c2ccccc2CC)C1. The third kappa shape index (κ3) is 5.01. The number of thioether (sulfide) groups is 1. The third-order valence-corrected chi connectivity index (χ3v) is 7.00. The number of amides is 1. The minimum atomic E-state index is -0.281. The molecule has 1 saturated heterocycles. The standard InChI is InChI=1S/C26H29N3O4S/c1-3-18-10-5-8-14-22(18)29-24(31)20-12-6-7-13-21(20)27-26(29)34-17-23(30)28-15-9-11-19(16-28)25(32)33-4-2/h5-8,10,12-14,19H,3-4,9,11,15-17H2,1-2H3. The van der Waals surface area contributed by atoms with Crippen LogP contribution in [-0.4, -0.2) is 51.8 Å². The molecule has 0 radical (unpaired) electrons. The Morgan fingerprint density at radius 2 is 1.88 bits per heavy atom. The van der Waals surface area contributed by atoms with E-state index in [0.717, 1.165) is 30.5 Å². The molecule has 7 nitrogen and oxygen atoms in total. The van der Waals surface area contributed by atoms with E-state index in [9.17, 15) is 14.4 Å². The zero-order valence-electron chi connectivity index (χ0n) is 19.5. The highest BCUT2D eigenvalue weighted by Crippen LogP contribution is 2.25. The number of hydrogen-bond donors (Lipinski definition) is 0. The number of para-hydroxylation sites is 2. The molecule has 0 bridgehead atoms. The minimum absolute atomic E-state index is 0.0725. The number of piperidine rings is 1. The van der Waals surface area contributed by atoms with Gasteiger partial charge in [0.1, 0.15) is 0 Å². The molecule has 0 N–H and O–H groups in total. The number of rotatable bonds is 7. The van der Waals surface area contributed by atoms with E-state index in [1.54, 1.807) is 22.5 Å². The summed E-state index contributed by atoms with van der Waals surface area (Å²) >= 11 is 1.26. The average Bonchev–Trinajstić information content (AvgIpc) is 2.87. The summed E-state index contributed by atoms with van der Waals surface area (Å²) in [7, 11) is 0. The van der Waals surface area contributed by atoms with E-state index < -0.39 is 0 Å². The summed E-state index contributed by atoms with van der Waals surface area (Å²) in [6.45, 7) is 5.16. The van der Waals surface area contributed by atoms with Crippen molar-refractivity contribution in [2.45, 2.75) is 38.3 Å². The van der Waals surface area contributed by atoms with E-state index in [1.807, 2.05) is 49.4 Å². The molecule has 0 saturated carbocycles. The Balaban J connectivity index is 1.62. The molecule has 8 heteroatoms. The van der Waals surface area contributed by atoms with Gasteiger partial charge in [-0.2, -0.15) is 0 Å². The van der Waals surface area contributed by atoms with Crippen LogP contribution in [0.1, 0.15) is 32.3 Å². The van der Waals surface area contributed by atoms with Gasteiger partial charge in [-0.3, -0.25) is 19.0 Å². The number of ether oxygens (including phenoxy) is 1. The normalized spacial score (nSPS) is 15.9. The van der Waals surface area contributed by atoms with Crippen LogP contribution in [0.4, 0.5) is 0 Å². The Hall–Kier alpha value is -3.13. The highest BCUT2D eigenvalue weighted by molar-refractivity contribution is 7.99. The Kier molecular flexibility index (Phi) is 7.67. The minimum Gasteiger partial charge on any atom is -0.466 e. The van der Waals surface area contributed by atoms with Crippen LogP contribution in [0.25, 0.3) is 16.6 Å². The van der Waals surface area contributed by atoms with Crippen LogP contribution in [0.5, 0.6) is 0 Å². The monoisotopic (exact) mass is 479 g/mol. The first kappa shape index (κ1) is 24.0. The van der Waals surface area contributed by atoms with E-state index in [-0.39, 0.29) is 29.1 Å². The summed E-state index contributed by atoms with van der Waals surface area (Å²) < 4.78 is 6.77. The largest absolute Gasteiger partial charge is 0.466 e. The molecular weight excluding hydrogens is 450 g/mol. The summed E-state index contributed by atoms with van der Waals surface area (Å²) in [6.07, 6.45) is 2.26.